The molecule has 0 spiro atoms. The average Bonchev–Trinajstić information content (AvgIpc) is 2.41. The van der Waals surface area contributed by atoms with Crippen molar-refractivity contribution in [2.75, 3.05) is 13.1 Å². The highest BCUT2D eigenvalue weighted by Gasteiger charge is 2.39. The van der Waals surface area contributed by atoms with Crippen LogP contribution in [-0.4, -0.2) is 35.3 Å². The van der Waals surface area contributed by atoms with Gasteiger partial charge >= 0.3 is 0 Å². The van der Waals surface area contributed by atoms with Gasteiger partial charge in [0, 0.05) is 19.5 Å². The highest BCUT2D eigenvalue weighted by Crippen LogP contribution is 2.19. The lowest BCUT2D eigenvalue weighted by Gasteiger charge is -2.32. The number of amides is 2. The molecule has 2 amide bonds. The van der Waals surface area contributed by atoms with Crippen LogP contribution in [0.1, 0.15) is 47.0 Å². The normalized spacial score (nSPS) is 27.6. The Balaban J connectivity index is 2.84. The molecule has 2 unspecified atom stereocenters. The van der Waals surface area contributed by atoms with E-state index in [2.05, 4.69) is 19.2 Å². The summed E-state index contributed by atoms with van der Waals surface area (Å²) in [5.41, 5.74) is -0.721. The predicted octanol–water partition coefficient (Wildman–Crippen LogP) is 1.55. The first-order valence-electron chi connectivity index (χ1n) is 6.53. The van der Waals surface area contributed by atoms with Crippen molar-refractivity contribution in [1.82, 2.24) is 10.2 Å². The molecule has 1 aliphatic heterocycles. The van der Waals surface area contributed by atoms with Crippen molar-refractivity contribution >= 4 is 11.8 Å². The molecule has 1 saturated heterocycles. The zero-order chi connectivity index (χ0) is 13.1. The minimum Gasteiger partial charge on any atom is -0.342 e. The summed E-state index contributed by atoms with van der Waals surface area (Å²) >= 11 is 0. The van der Waals surface area contributed by atoms with E-state index in [4.69, 9.17) is 0 Å². The van der Waals surface area contributed by atoms with E-state index in [-0.39, 0.29) is 11.8 Å². The standard InChI is InChI=1S/C13H24N2O2/c1-5-10(3)9-15-8-7-11(16)14-13(4,6-2)12(15)17/h10H,5-9H2,1-4H3,(H,14,16). The van der Waals surface area contributed by atoms with E-state index >= 15 is 0 Å². The van der Waals surface area contributed by atoms with Gasteiger partial charge in [-0.1, -0.05) is 27.2 Å². The molecule has 17 heavy (non-hydrogen) atoms. The minimum atomic E-state index is -0.721. The molecule has 0 bridgehead atoms. The molecule has 2 atom stereocenters. The number of carbonyl (C=O) groups is 2. The Hall–Kier alpha value is -1.06. The molecule has 0 radical (unpaired) electrons. The maximum atomic E-state index is 12.4. The minimum absolute atomic E-state index is 0.0191. The third kappa shape index (κ3) is 3.20. The first-order valence-corrected chi connectivity index (χ1v) is 6.53. The Morgan fingerprint density at radius 1 is 1.41 bits per heavy atom. The monoisotopic (exact) mass is 240 g/mol. The Morgan fingerprint density at radius 2 is 2.06 bits per heavy atom. The molecule has 98 valence electrons. The van der Waals surface area contributed by atoms with Crippen LogP contribution in [0.25, 0.3) is 0 Å². The second kappa shape index (κ2) is 5.52. The van der Waals surface area contributed by atoms with E-state index in [9.17, 15) is 9.59 Å². The van der Waals surface area contributed by atoms with Gasteiger partial charge in [-0.2, -0.15) is 0 Å². The molecule has 0 aromatic heterocycles. The maximum Gasteiger partial charge on any atom is 0.248 e. The first kappa shape index (κ1) is 14.0. The first-order chi connectivity index (χ1) is 7.92. The summed E-state index contributed by atoms with van der Waals surface area (Å²) in [6, 6.07) is 0. The Morgan fingerprint density at radius 3 is 2.59 bits per heavy atom. The summed E-state index contributed by atoms with van der Waals surface area (Å²) in [5, 5.41) is 2.85. The van der Waals surface area contributed by atoms with Crippen LogP contribution in [0.15, 0.2) is 0 Å². The molecule has 0 aromatic carbocycles. The fraction of sp³-hybridized carbons (Fsp3) is 0.846. The van der Waals surface area contributed by atoms with E-state index in [1.807, 2.05) is 18.7 Å². The lowest BCUT2D eigenvalue weighted by molar-refractivity contribution is -0.138. The van der Waals surface area contributed by atoms with E-state index in [1.54, 1.807) is 0 Å². The third-order valence-electron chi connectivity index (χ3n) is 3.72. The van der Waals surface area contributed by atoms with Crippen LogP contribution in [0.3, 0.4) is 0 Å². The number of rotatable bonds is 4. The lowest BCUT2D eigenvalue weighted by Crippen LogP contribution is -2.55. The van der Waals surface area contributed by atoms with Gasteiger partial charge < -0.3 is 10.2 Å². The van der Waals surface area contributed by atoms with Crippen LogP contribution in [-0.2, 0) is 9.59 Å². The zero-order valence-electron chi connectivity index (χ0n) is 11.4. The molecule has 1 fully saturated rings. The van der Waals surface area contributed by atoms with E-state index in [0.29, 0.717) is 25.3 Å². The quantitative estimate of drug-likeness (QED) is 0.810. The van der Waals surface area contributed by atoms with Crippen LogP contribution < -0.4 is 5.32 Å². The van der Waals surface area contributed by atoms with Crippen LogP contribution in [0.2, 0.25) is 0 Å². The maximum absolute atomic E-state index is 12.4. The summed E-state index contributed by atoms with van der Waals surface area (Å²) < 4.78 is 0. The number of nitrogens with zero attached hydrogens (tertiary/aromatic N) is 1. The van der Waals surface area contributed by atoms with Gasteiger partial charge in [-0.05, 0) is 19.3 Å². The van der Waals surface area contributed by atoms with E-state index in [1.165, 1.54) is 0 Å². The summed E-state index contributed by atoms with van der Waals surface area (Å²) in [4.78, 5) is 25.9. The van der Waals surface area contributed by atoms with Crippen molar-refractivity contribution in [3.8, 4) is 0 Å². The predicted molar refractivity (Wildman–Crippen MR) is 67.5 cm³/mol. The number of hydrogen-bond acceptors (Lipinski definition) is 2. The lowest BCUT2D eigenvalue weighted by atomic mass is 9.96. The molecule has 4 heteroatoms. The second-order valence-corrected chi connectivity index (χ2v) is 5.25. The summed E-state index contributed by atoms with van der Waals surface area (Å²) in [6.45, 7) is 9.31. The molecule has 1 heterocycles. The van der Waals surface area contributed by atoms with Crippen molar-refractivity contribution in [3.63, 3.8) is 0 Å². The van der Waals surface area contributed by atoms with Crippen LogP contribution in [0, 0.1) is 5.92 Å². The largest absolute Gasteiger partial charge is 0.342 e. The summed E-state index contributed by atoms with van der Waals surface area (Å²) in [7, 11) is 0. The number of hydrogen-bond donors (Lipinski definition) is 1. The topological polar surface area (TPSA) is 49.4 Å². The average molecular weight is 240 g/mol. The van der Waals surface area contributed by atoms with Gasteiger partial charge in [0.15, 0.2) is 0 Å². The molecular formula is C13H24N2O2. The van der Waals surface area contributed by atoms with Gasteiger partial charge in [0.05, 0.1) is 0 Å². The third-order valence-corrected chi connectivity index (χ3v) is 3.72. The van der Waals surface area contributed by atoms with Gasteiger partial charge in [0.25, 0.3) is 0 Å². The van der Waals surface area contributed by atoms with Gasteiger partial charge in [-0.3, -0.25) is 9.59 Å². The fourth-order valence-electron chi connectivity index (χ4n) is 2.03. The molecule has 1 aliphatic rings. The highest BCUT2D eigenvalue weighted by atomic mass is 16.2. The van der Waals surface area contributed by atoms with Crippen molar-refractivity contribution in [3.05, 3.63) is 0 Å². The van der Waals surface area contributed by atoms with Crippen LogP contribution >= 0.6 is 0 Å². The van der Waals surface area contributed by atoms with E-state index < -0.39 is 5.54 Å². The molecule has 4 nitrogen and oxygen atoms in total. The van der Waals surface area contributed by atoms with Crippen LogP contribution in [0.4, 0.5) is 0 Å². The Kier molecular flexibility index (Phi) is 4.54. The van der Waals surface area contributed by atoms with Crippen molar-refractivity contribution in [2.24, 2.45) is 5.92 Å². The Bertz CT molecular complexity index is 304. The van der Waals surface area contributed by atoms with Crippen molar-refractivity contribution in [2.45, 2.75) is 52.5 Å². The number of carbonyl (C=O) groups excluding carboxylic acids is 2. The zero-order valence-corrected chi connectivity index (χ0v) is 11.4. The molecule has 0 aliphatic carbocycles. The van der Waals surface area contributed by atoms with Gasteiger partial charge in [-0.25, -0.2) is 0 Å². The fourth-order valence-corrected chi connectivity index (χ4v) is 2.03. The summed E-state index contributed by atoms with van der Waals surface area (Å²) in [5.74, 6) is 0.522. The second-order valence-electron chi connectivity index (χ2n) is 5.25. The molecular weight excluding hydrogens is 216 g/mol. The van der Waals surface area contributed by atoms with Crippen molar-refractivity contribution < 1.29 is 9.59 Å². The molecule has 0 aromatic rings. The molecule has 0 saturated carbocycles. The molecule has 1 rings (SSSR count). The summed E-state index contributed by atoms with van der Waals surface area (Å²) in [6.07, 6.45) is 2.10. The van der Waals surface area contributed by atoms with E-state index in [0.717, 1.165) is 13.0 Å². The SMILES string of the molecule is CCC(C)CN1CCC(=O)NC(C)(CC)C1=O. The van der Waals surface area contributed by atoms with Gasteiger partial charge in [0.1, 0.15) is 5.54 Å². The van der Waals surface area contributed by atoms with Gasteiger partial charge in [0.2, 0.25) is 11.8 Å². The van der Waals surface area contributed by atoms with Crippen molar-refractivity contribution in [1.29, 1.82) is 0 Å². The van der Waals surface area contributed by atoms with Gasteiger partial charge in [-0.15, -0.1) is 0 Å². The number of nitrogens with one attached hydrogen (secondary N) is 1. The Labute approximate surface area is 104 Å². The highest BCUT2D eigenvalue weighted by molar-refractivity contribution is 5.93. The van der Waals surface area contributed by atoms with Crippen LogP contribution in [0.5, 0.6) is 0 Å². The molecule has 1 N–H and O–H groups in total. The smallest absolute Gasteiger partial charge is 0.248 e.